The zero-order valence-electron chi connectivity index (χ0n) is 15.9. The number of anilines is 1. The van der Waals surface area contributed by atoms with E-state index in [1.807, 2.05) is 0 Å². The number of unbranched alkanes of at least 4 members (excludes halogenated alkanes) is 2. The summed E-state index contributed by atoms with van der Waals surface area (Å²) in [6.07, 6.45) is -0.0242. The lowest BCUT2D eigenvalue weighted by Gasteiger charge is -2.11. The first-order valence-electron chi connectivity index (χ1n) is 9.14. The van der Waals surface area contributed by atoms with Crippen LogP contribution in [-0.4, -0.2) is 29.1 Å². The van der Waals surface area contributed by atoms with Crippen molar-refractivity contribution in [2.24, 2.45) is 0 Å². The van der Waals surface area contributed by atoms with E-state index in [-0.39, 0.29) is 17.3 Å². The van der Waals surface area contributed by atoms with Crippen LogP contribution >= 0.6 is 11.8 Å². The monoisotopic (exact) mass is 425 g/mol. The van der Waals surface area contributed by atoms with Gasteiger partial charge in [0.15, 0.2) is 0 Å². The summed E-state index contributed by atoms with van der Waals surface area (Å²) < 4.78 is 38.3. The Balaban J connectivity index is 1.94. The van der Waals surface area contributed by atoms with E-state index in [1.54, 1.807) is 12.1 Å². The van der Waals surface area contributed by atoms with Gasteiger partial charge < -0.3 is 10.6 Å². The van der Waals surface area contributed by atoms with Crippen molar-refractivity contribution >= 4 is 29.3 Å². The highest BCUT2D eigenvalue weighted by Gasteiger charge is 2.30. The maximum Gasteiger partial charge on any atom is 0.416 e. The molecule has 0 fully saturated rings. The predicted molar refractivity (Wildman–Crippen MR) is 107 cm³/mol. The average molecular weight is 425 g/mol. The summed E-state index contributed by atoms with van der Waals surface area (Å²) in [7, 11) is 0. The van der Waals surface area contributed by atoms with E-state index in [1.165, 1.54) is 18.3 Å². The van der Waals surface area contributed by atoms with Crippen LogP contribution in [0.4, 0.5) is 18.9 Å². The van der Waals surface area contributed by atoms with Crippen molar-refractivity contribution in [3.8, 4) is 0 Å². The van der Waals surface area contributed by atoms with E-state index >= 15 is 0 Å². The molecule has 2 aromatic rings. The zero-order valence-corrected chi connectivity index (χ0v) is 16.7. The molecule has 0 bridgehead atoms. The van der Waals surface area contributed by atoms with Crippen molar-refractivity contribution in [1.29, 1.82) is 0 Å². The second kappa shape index (κ2) is 10.8. The number of thioether (sulfide) groups is 1. The third-order valence-electron chi connectivity index (χ3n) is 3.90. The highest BCUT2D eigenvalue weighted by atomic mass is 32.2. The van der Waals surface area contributed by atoms with Crippen molar-refractivity contribution in [3.05, 3.63) is 53.7 Å². The minimum Gasteiger partial charge on any atom is -0.352 e. The number of carbonyl (C=O) groups excluding carboxylic acids is 2. The van der Waals surface area contributed by atoms with Gasteiger partial charge in [-0.25, -0.2) is 4.98 Å². The van der Waals surface area contributed by atoms with Gasteiger partial charge in [0.05, 0.1) is 16.9 Å². The van der Waals surface area contributed by atoms with E-state index in [9.17, 15) is 22.8 Å². The number of halogens is 3. The van der Waals surface area contributed by atoms with Gasteiger partial charge in [-0.15, -0.1) is 0 Å². The van der Waals surface area contributed by atoms with Crippen LogP contribution < -0.4 is 10.6 Å². The van der Waals surface area contributed by atoms with Crippen LogP contribution in [0, 0.1) is 0 Å². The summed E-state index contributed by atoms with van der Waals surface area (Å²) in [5.74, 6) is -0.854. The minimum atomic E-state index is -4.48. The number of carbonyl (C=O) groups is 2. The molecule has 2 amide bonds. The first-order chi connectivity index (χ1) is 13.8. The fourth-order valence-corrected chi connectivity index (χ4v) is 3.25. The van der Waals surface area contributed by atoms with E-state index in [0.717, 1.165) is 43.2 Å². The number of benzene rings is 1. The summed E-state index contributed by atoms with van der Waals surface area (Å²) >= 11 is 1.05. The standard InChI is InChI=1S/C20H22F3N3O2S/c1-2-3-4-10-24-18(28)16-9-6-11-25-19(16)29-13-17(27)26-15-8-5-7-14(12-15)20(21,22)23/h5-9,11-12H,2-4,10,13H2,1H3,(H,24,28)(H,26,27). The quantitative estimate of drug-likeness (QED) is 0.449. The maximum atomic E-state index is 12.8. The lowest BCUT2D eigenvalue weighted by molar-refractivity contribution is -0.137. The van der Waals surface area contributed by atoms with Crippen molar-refractivity contribution < 1.29 is 22.8 Å². The van der Waals surface area contributed by atoms with E-state index in [4.69, 9.17) is 0 Å². The molecule has 2 rings (SSSR count). The SMILES string of the molecule is CCCCCNC(=O)c1cccnc1SCC(=O)Nc1cccc(C(F)(F)F)c1. The van der Waals surface area contributed by atoms with Gasteiger partial charge in [-0.1, -0.05) is 37.6 Å². The highest BCUT2D eigenvalue weighted by molar-refractivity contribution is 8.00. The van der Waals surface area contributed by atoms with Gasteiger partial charge in [-0.05, 0) is 36.8 Å². The highest BCUT2D eigenvalue weighted by Crippen LogP contribution is 2.30. The lowest BCUT2D eigenvalue weighted by atomic mass is 10.2. The molecule has 0 aliphatic rings. The minimum absolute atomic E-state index is 0.0559. The molecular formula is C20H22F3N3O2S. The summed E-state index contributed by atoms with van der Waals surface area (Å²) in [6.45, 7) is 2.63. The Morgan fingerprint density at radius 3 is 2.66 bits per heavy atom. The molecule has 1 aromatic heterocycles. The fourth-order valence-electron chi connectivity index (χ4n) is 2.46. The molecule has 0 aliphatic heterocycles. The normalized spacial score (nSPS) is 11.2. The van der Waals surface area contributed by atoms with Crippen molar-refractivity contribution in [2.45, 2.75) is 37.4 Å². The van der Waals surface area contributed by atoms with E-state index in [0.29, 0.717) is 17.1 Å². The molecule has 0 saturated heterocycles. The number of pyridine rings is 1. The van der Waals surface area contributed by atoms with Crippen LogP contribution in [0.3, 0.4) is 0 Å². The molecule has 0 saturated carbocycles. The number of aromatic nitrogens is 1. The summed E-state index contributed by atoms with van der Waals surface area (Å²) in [6, 6.07) is 7.67. The van der Waals surface area contributed by atoms with Gasteiger partial charge in [0, 0.05) is 18.4 Å². The summed E-state index contributed by atoms with van der Waals surface area (Å²) in [5.41, 5.74) is -0.420. The third-order valence-corrected chi connectivity index (χ3v) is 4.90. The van der Waals surface area contributed by atoms with E-state index < -0.39 is 17.6 Å². The molecule has 0 unspecified atom stereocenters. The number of rotatable bonds is 9. The summed E-state index contributed by atoms with van der Waals surface area (Å²) in [4.78, 5) is 28.6. The lowest BCUT2D eigenvalue weighted by Crippen LogP contribution is -2.25. The molecule has 1 aromatic carbocycles. The predicted octanol–water partition coefficient (Wildman–Crippen LogP) is 4.75. The number of nitrogens with one attached hydrogen (secondary N) is 2. The first kappa shape index (κ1) is 22.7. The van der Waals surface area contributed by atoms with Crippen LogP contribution in [0.1, 0.15) is 42.1 Å². The van der Waals surface area contributed by atoms with Crippen LogP contribution in [-0.2, 0) is 11.0 Å². The van der Waals surface area contributed by atoms with Crippen LogP contribution in [0.2, 0.25) is 0 Å². The molecule has 0 aliphatic carbocycles. The Kier molecular flexibility index (Phi) is 8.50. The topological polar surface area (TPSA) is 71.1 Å². The Hall–Kier alpha value is -2.55. The average Bonchev–Trinajstić information content (AvgIpc) is 2.69. The number of alkyl halides is 3. The van der Waals surface area contributed by atoms with Crippen molar-refractivity contribution in [3.63, 3.8) is 0 Å². The largest absolute Gasteiger partial charge is 0.416 e. The van der Waals surface area contributed by atoms with Gasteiger partial charge in [0.1, 0.15) is 5.03 Å². The number of amides is 2. The van der Waals surface area contributed by atoms with Gasteiger partial charge in [-0.2, -0.15) is 13.2 Å². The Morgan fingerprint density at radius 2 is 1.93 bits per heavy atom. The van der Waals surface area contributed by atoms with Crippen LogP contribution in [0.25, 0.3) is 0 Å². The molecule has 2 N–H and O–H groups in total. The van der Waals surface area contributed by atoms with Crippen LogP contribution in [0.15, 0.2) is 47.6 Å². The zero-order chi connectivity index (χ0) is 21.3. The Bertz CT molecular complexity index is 844. The van der Waals surface area contributed by atoms with Crippen molar-refractivity contribution in [1.82, 2.24) is 10.3 Å². The molecule has 5 nitrogen and oxygen atoms in total. The Morgan fingerprint density at radius 1 is 1.14 bits per heavy atom. The molecule has 0 spiro atoms. The fraction of sp³-hybridized carbons (Fsp3) is 0.350. The Labute approximate surface area is 171 Å². The maximum absolute atomic E-state index is 12.8. The van der Waals surface area contributed by atoms with Crippen molar-refractivity contribution in [2.75, 3.05) is 17.6 Å². The molecule has 9 heteroatoms. The van der Waals surface area contributed by atoms with E-state index in [2.05, 4.69) is 22.5 Å². The second-order valence-electron chi connectivity index (χ2n) is 6.23. The van der Waals surface area contributed by atoms with Crippen LogP contribution in [0.5, 0.6) is 0 Å². The molecule has 1 heterocycles. The van der Waals surface area contributed by atoms with Gasteiger partial charge in [-0.3, -0.25) is 9.59 Å². The van der Waals surface area contributed by atoms with Gasteiger partial charge in [0.25, 0.3) is 5.91 Å². The first-order valence-corrected chi connectivity index (χ1v) is 10.1. The van der Waals surface area contributed by atoms with Gasteiger partial charge >= 0.3 is 6.18 Å². The smallest absolute Gasteiger partial charge is 0.352 e. The molecule has 156 valence electrons. The van der Waals surface area contributed by atoms with Gasteiger partial charge in [0.2, 0.25) is 5.91 Å². The number of hydrogen-bond acceptors (Lipinski definition) is 4. The third kappa shape index (κ3) is 7.41. The summed E-state index contributed by atoms with van der Waals surface area (Å²) in [5, 5.41) is 5.64. The molecule has 29 heavy (non-hydrogen) atoms. The number of hydrogen-bond donors (Lipinski definition) is 2. The number of nitrogens with zero attached hydrogens (tertiary/aromatic N) is 1. The molecular weight excluding hydrogens is 403 g/mol. The molecule has 0 atom stereocenters. The second-order valence-corrected chi connectivity index (χ2v) is 7.20. The molecule has 0 radical (unpaired) electrons.